The molecule has 0 saturated carbocycles. The van der Waals surface area contributed by atoms with Gasteiger partial charge in [-0.15, -0.1) is 24.0 Å². The van der Waals surface area contributed by atoms with Crippen LogP contribution in [-0.2, 0) is 20.1 Å². The molecule has 2 rings (SSSR count). The summed E-state index contributed by atoms with van der Waals surface area (Å²) in [4.78, 5) is 8.35. The van der Waals surface area contributed by atoms with Crippen LogP contribution in [0.25, 0.3) is 0 Å². The van der Waals surface area contributed by atoms with E-state index in [1.54, 1.807) is 26.6 Å². The summed E-state index contributed by atoms with van der Waals surface area (Å²) in [5.41, 5.74) is 2.14. The average molecular weight is 416 g/mol. The molecule has 0 unspecified atom stereocenters. The van der Waals surface area contributed by atoms with E-state index >= 15 is 0 Å². The Morgan fingerprint density at radius 1 is 1.27 bits per heavy atom. The molecular weight excluding hydrogens is 395 g/mol. The van der Waals surface area contributed by atoms with E-state index in [9.17, 15) is 0 Å². The number of rotatable bonds is 5. The van der Waals surface area contributed by atoms with Crippen molar-refractivity contribution in [1.29, 1.82) is 0 Å². The number of pyridine rings is 1. The Bertz CT molecular complexity index is 596. The van der Waals surface area contributed by atoms with E-state index in [1.807, 2.05) is 29.9 Å². The molecule has 2 aromatic rings. The van der Waals surface area contributed by atoms with Crippen molar-refractivity contribution in [2.24, 2.45) is 12.0 Å². The Hall–Kier alpha value is -1.84. The van der Waals surface area contributed by atoms with Crippen molar-refractivity contribution < 1.29 is 4.74 Å². The summed E-state index contributed by atoms with van der Waals surface area (Å²) in [6, 6.07) is 5.77. The maximum absolute atomic E-state index is 5.03. The number of ether oxygens (including phenoxy) is 1. The minimum Gasteiger partial charge on any atom is -0.481 e. The van der Waals surface area contributed by atoms with Crippen molar-refractivity contribution in [3.63, 3.8) is 0 Å². The molecular formula is C14H21IN6O. The predicted octanol–water partition coefficient (Wildman–Crippen LogP) is 1.31. The number of aryl methyl sites for hydroxylation is 1. The predicted molar refractivity (Wildman–Crippen MR) is 96.5 cm³/mol. The molecule has 2 aromatic heterocycles. The number of halogens is 1. The zero-order valence-corrected chi connectivity index (χ0v) is 15.2. The second kappa shape index (κ2) is 9.23. The van der Waals surface area contributed by atoms with Crippen molar-refractivity contribution in [3.05, 3.63) is 41.9 Å². The van der Waals surface area contributed by atoms with Gasteiger partial charge in [-0.3, -0.25) is 9.67 Å². The Morgan fingerprint density at radius 3 is 2.59 bits per heavy atom. The molecule has 2 heterocycles. The lowest BCUT2D eigenvalue weighted by Gasteiger charge is -2.12. The number of methoxy groups -OCH3 is 1. The van der Waals surface area contributed by atoms with Gasteiger partial charge in [0.1, 0.15) is 0 Å². The fourth-order valence-electron chi connectivity index (χ4n) is 1.79. The zero-order chi connectivity index (χ0) is 15.1. The molecule has 120 valence electrons. The van der Waals surface area contributed by atoms with E-state index in [1.165, 1.54) is 0 Å². The van der Waals surface area contributed by atoms with Crippen molar-refractivity contribution in [2.75, 3.05) is 14.2 Å². The van der Waals surface area contributed by atoms with Gasteiger partial charge >= 0.3 is 0 Å². The lowest BCUT2D eigenvalue weighted by Crippen LogP contribution is -2.36. The third kappa shape index (κ3) is 5.17. The van der Waals surface area contributed by atoms with Gasteiger partial charge in [-0.2, -0.15) is 5.10 Å². The highest BCUT2D eigenvalue weighted by Gasteiger charge is 2.02. The fourth-order valence-corrected chi connectivity index (χ4v) is 1.79. The number of hydrogen-bond donors (Lipinski definition) is 2. The molecule has 7 nitrogen and oxygen atoms in total. The van der Waals surface area contributed by atoms with Crippen molar-refractivity contribution in [1.82, 2.24) is 25.4 Å². The first-order valence-electron chi connectivity index (χ1n) is 6.63. The minimum absolute atomic E-state index is 0. The topological polar surface area (TPSA) is 76.4 Å². The van der Waals surface area contributed by atoms with E-state index < -0.39 is 0 Å². The normalized spacial score (nSPS) is 10.8. The molecule has 22 heavy (non-hydrogen) atoms. The summed E-state index contributed by atoms with van der Waals surface area (Å²) < 4.78 is 6.86. The van der Waals surface area contributed by atoms with Crippen LogP contribution in [0.1, 0.15) is 11.3 Å². The molecule has 0 aromatic carbocycles. The van der Waals surface area contributed by atoms with Gasteiger partial charge in [0.25, 0.3) is 0 Å². The van der Waals surface area contributed by atoms with Gasteiger partial charge in [0, 0.05) is 39.1 Å². The summed E-state index contributed by atoms with van der Waals surface area (Å²) in [7, 11) is 5.26. The van der Waals surface area contributed by atoms with Gasteiger partial charge in [-0.05, 0) is 11.6 Å². The Labute approximate surface area is 147 Å². The molecule has 0 aliphatic carbocycles. The molecule has 0 fully saturated rings. The highest BCUT2D eigenvalue weighted by molar-refractivity contribution is 14.0. The highest BCUT2D eigenvalue weighted by atomic mass is 127. The standard InChI is InChI=1S/C14H20N6O.HI/c1-15-14(18-10-12-6-7-19-20(12)2)17-9-11-4-5-13(21-3)16-8-11;/h4-8H,9-10H2,1-3H3,(H2,15,17,18);1H. The minimum atomic E-state index is 0. The van der Waals surface area contributed by atoms with E-state index in [0.717, 1.165) is 17.2 Å². The highest BCUT2D eigenvalue weighted by Crippen LogP contribution is 2.06. The SMILES string of the molecule is CN=C(NCc1ccc(OC)nc1)NCc1ccnn1C.I. The number of hydrogen-bond acceptors (Lipinski definition) is 4. The molecule has 0 bridgehead atoms. The molecule has 2 N–H and O–H groups in total. The molecule has 0 aliphatic rings. The molecule has 0 radical (unpaired) electrons. The Kier molecular flexibility index (Phi) is 7.64. The summed E-state index contributed by atoms with van der Waals surface area (Å²) >= 11 is 0. The first-order valence-corrected chi connectivity index (χ1v) is 6.63. The molecule has 8 heteroatoms. The van der Waals surface area contributed by atoms with Gasteiger partial charge in [-0.25, -0.2) is 4.98 Å². The molecule has 0 amide bonds. The van der Waals surface area contributed by atoms with E-state index in [-0.39, 0.29) is 24.0 Å². The smallest absolute Gasteiger partial charge is 0.212 e. The van der Waals surface area contributed by atoms with Gasteiger partial charge < -0.3 is 15.4 Å². The number of aromatic nitrogens is 3. The fraction of sp³-hybridized carbons (Fsp3) is 0.357. The van der Waals surface area contributed by atoms with Gasteiger partial charge in [-0.1, -0.05) is 6.07 Å². The van der Waals surface area contributed by atoms with E-state index in [0.29, 0.717) is 19.0 Å². The van der Waals surface area contributed by atoms with Crippen LogP contribution in [-0.4, -0.2) is 34.9 Å². The quantitative estimate of drug-likeness (QED) is 0.437. The second-order valence-corrected chi connectivity index (χ2v) is 4.43. The van der Waals surface area contributed by atoms with Crippen LogP contribution >= 0.6 is 24.0 Å². The van der Waals surface area contributed by atoms with Crippen molar-refractivity contribution >= 4 is 29.9 Å². The lowest BCUT2D eigenvalue weighted by atomic mass is 10.3. The third-order valence-corrected chi connectivity index (χ3v) is 3.05. The maximum atomic E-state index is 5.03. The monoisotopic (exact) mass is 416 g/mol. The van der Waals surface area contributed by atoms with Crippen molar-refractivity contribution in [2.45, 2.75) is 13.1 Å². The number of aliphatic imine (C=N–C) groups is 1. The summed E-state index contributed by atoms with van der Waals surface area (Å²) in [6.07, 6.45) is 3.55. The van der Waals surface area contributed by atoms with Crippen LogP contribution in [0, 0.1) is 0 Å². The zero-order valence-electron chi connectivity index (χ0n) is 12.9. The first kappa shape index (κ1) is 18.2. The number of nitrogens with zero attached hydrogens (tertiary/aromatic N) is 4. The second-order valence-electron chi connectivity index (χ2n) is 4.43. The molecule has 0 aliphatic heterocycles. The lowest BCUT2D eigenvalue weighted by molar-refractivity contribution is 0.397. The number of guanidine groups is 1. The van der Waals surface area contributed by atoms with Crippen LogP contribution in [0.15, 0.2) is 35.6 Å². The summed E-state index contributed by atoms with van der Waals surface area (Å²) in [5, 5.41) is 10.6. The largest absolute Gasteiger partial charge is 0.481 e. The summed E-state index contributed by atoms with van der Waals surface area (Å²) in [6.45, 7) is 1.30. The van der Waals surface area contributed by atoms with Crippen LogP contribution in [0.2, 0.25) is 0 Å². The van der Waals surface area contributed by atoms with Crippen molar-refractivity contribution in [3.8, 4) is 5.88 Å². The van der Waals surface area contributed by atoms with Gasteiger partial charge in [0.05, 0.1) is 19.3 Å². The van der Waals surface area contributed by atoms with Gasteiger partial charge in [0.15, 0.2) is 5.96 Å². The third-order valence-electron chi connectivity index (χ3n) is 3.05. The average Bonchev–Trinajstić information content (AvgIpc) is 2.93. The maximum Gasteiger partial charge on any atom is 0.212 e. The molecule has 0 spiro atoms. The molecule has 0 saturated heterocycles. The van der Waals surface area contributed by atoms with Crippen LogP contribution in [0.4, 0.5) is 0 Å². The summed E-state index contributed by atoms with van der Waals surface area (Å²) in [5.74, 6) is 1.34. The van der Waals surface area contributed by atoms with Crippen LogP contribution in [0.5, 0.6) is 5.88 Å². The number of nitrogens with one attached hydrogen (secondary N) is 2. The molecule has 0 atom stereocenters. The van der Waals surface area contributed by atoms with Gasteiger partial charge in [0.2, 0.25) is 5.88 Å². The van der Waals surface area contributed by atoms with Crippen LogP contribution in [0.3, 0.4) is 0 Å². The van der Waals surface area contributed by atoms with Crippen LogP contribution < -0.4 is 15.4 Å². The Morgan fingerprint density at radius 2 is 2.05 bits per heavy atom. The van der Waals surface area contributed by atoms with E-state index in [4.69, 9.17) is 4.74 Å². The van der Waals surface area contributed by atoms with E-state index in [2.05, 4.69) is 25.7 Å². The first-order chi connectivity index (χ1) is 10.2. The Balaban J connectivity index is 0.00000242.